The molecule has 0 saturated heterocycles. The fraction of sp³-hybridized carbons (Fsp3) is 0.125. The van der Waals surface area contributed by atoms with Crippen molar-refractivity contribution in [1.29, 1.82) is 0 Å². The van der Waals surface area contributed by atoms with E-state index < -0.39 is 6.10 Å². The van der Waals surface area contributed by atoms with Crippen molar-refractivity contribution in [3.63, 3.8) is 0 Å². The molecule has 0 saturated carbocycles. The number of carbonyl (C=O) groups is 1. The van der Waals surface area contributed by atoms with Crippen LogP contribution < -0.4 is 20.3 Å². The lowest BCUT2D eigenvalue weighted by atomic mass is 10.2. The van der Waals surface area contributed by atoms with E-state index in [0.29, 0.717) is 33.6 Å². The van der Waals surface area contributed by atoms with Gasteiger partial charge in [0.2, 0.25) is 0 Å². The molecule has 2 heterocycles. The number of hydrogen-bond donors (Lipinski definition) is 1. The lowest BCUT2D eigenvalue weighted by Crippen LogP contribution is -2.30. The second kappa shape index (κ2) is 9.53. The van der Waals surface area contributed by atoms with E-state index in [9.17, 15) is 9.59 Å². The van der Waals surface area contributed by atoms with Crippen LogP contribution in [0.1, 0.15) is 12.6 Å². The molecule has 4 rings (SSSR count). The zero-order valence-corrected chi connectivity index (χ0v) is 18.0. The third-order valence-corrected chi connectivity index (χ3v) is 4.81. The van der Waals surface area contributed by atoms with Gasteiger partial charge in [-0.05, 0) is 43.3 Å². The molecule has 1 unspecified atom stereocenters. The van der Waals surface area contributed by atoms with Crippen LogP contribution >= 0.6 is 11.6 Å². The monoisotopic (exact) mass is 449 g/mol. The molecule has 0 fully saturated rings. The summed E-state index contributed by atoms with van der Waals surface area (Å²) in [7, 11) is 0. The first-order chi connectivity index (χ1) is 15.5. The summed E-state index contributed by atoms with van der Waals surface area (Å²) >= 11 is 5.93. The number of halogens is 1. The van der Waals surface area contributed by atoms with Crippen LogP contribution in [0.15, 0.2) is 83.8 Å². The van der Waals surface area contributed by atoms with Crippen LogP contribution in [0.5, 0.6) is 11.5 Å². The molecular formula is C24H20ClN3O4. The average molecular weight is 450 g/mol. The van der Waals surface area contributed by atoms with Crippen molar-refractivity contribution in [3.05, 3.63) is 100 Å². The highest BCUT2D eigenvalue weighted by Crippen LogP contribution is 2.19. The van der Waals surface area contributed by atoms with Crippen LogP contribution in [-0.2, 0) is 11.4 Å². The van der Waals surface area contributed by atoms with E-state index in [1.165, 1.54) is 16.7 Å². The fourth-order valence-corrected chi connectivity index (χ4v) is 3.18. The second-order valence-electron chi connectivity index (χ2n) is 7.04. The number of anilines is 1. The molecule has 1 N–H and O–H groups in total. The average Bonchev–Trinajstić information content (AvgIpc) is 2.79. The molecule has 7 nitrogen and oxygen atoms in total. The normalized spacial score (nSPS) is 11.7. The topological polar surface area (TPSA) is 81.9 Å². The lowest BCUT2D eigenvalue weighted by Gasteiger charge is -2.15. The maximum Gasteiger partial charge on any atom is 0.265 e. The zero-order valence-electron chi connectivity index (χ0n) is 17.2. The van der Waals surface area contributed by atoms with Gasteiger partial charge in [-0.3, -0.25) is 14.0 Å². The van der Waals surface area contributed by atoms with Gasteiger partial charge < -0.3 is 14.8 Å². The summed E-state index contributed by atoms with van der Waals surface area (Å²) in [5, 5.41) is 3.27. The van der Waals surface area contributed by atoms with E-state index in [2.05, 4.69) is 10.3 Å². The van der Waals surface area contributed by atoms with Gasteiger partial charge in [-0.1, -0.05) is 35.9 Å². The number of ether oxygens (including phenoxy) is 2. The standard InChI is InChI=1S/C24H20ClN3O4/c1-16(32-20-7-3-2-4-8-20)24(30)27-18-6-5-9-21(12-18)31-15-19-13-23(29)28-14-17(25)10-11-22(28)26-19/h2-14,16H,15H2,1H3,(H,27,30). The first-order valence-corrected chi connectivity index (χ1v) is 10.3. The molecule has 1 amide bonds. The molecule has 32 heavy (non-hydrogen) atoms. The van der Waals surface area contributed by atoms with Gasteiger partial charge in [0.25, 0.3) is 11.5 Å². The number of nitrogens with one attached hydrogen (secondary N) is 1. The number of fused-ring (bicyclic) bond motifs is 1. The van der Waals surface area contributed by atoms with Crippen molar-refractivity contribution < 1.29 is 14.3 Å². The van der Waals surface area contributed by atoms with Crippen molar-refractivity contribution in [1.82, 2.24) is 9.38 Å². The highest BCUT2D eigenvalue weighted by Gasteiger charge is 2.15. The van der Waals surface area contributed by atoms with Crippen molar-refractivity contribution in [3.8, 4) is 11.5 Å². The van der Waals surface area contributed by atoms with E-state index >= 15 is 0 Å². The number of aromatic nitrogens is 2. The fourth-order valence-electron chi connectivity index (χ4n) is 3.02. The number of pyridine rings is 1. The van der Waals surface area contributed by atoms with Gasteiger partial charge in [-0.15, -0.1) is 0 Å². The second-order valence-corrected chi connectivity index (χ2v) is 7.48. The largest absolute Gasteiger partial charge is 0.487 e. The van der Waals surface area contributed by atoms with Gasteiger partial charge in [0.15, 0.2) is 6.10 Å². The molecule has 4 aromatic rings. The quantitative estimate of drug-likeness (QED) is 0.454. The van der Waals surface area contributed by atoms with Gasteiger partial charge in [-0.2, -0.15) is 0 Å². The Kier molecular flexibility index (Phi) is 6.37. The van der Waals surface area contributed by atoms with Gasteiger partial charge in [0.05, 0.1) is 10.7 Å². The Morgan fingerprint density at radius 1 is 1.06 bits per heavy atom. The molecular weight excluding hydrogens is 430 g/mol. The van der Waals surface area contributed by atoms with E-state index in [-0.39, 0.29) is 18.1 Å². The Bertz CT molecular complexity index is 1310. The van der Waals surface area contributed by atoms with E-state index in [1.54, 1.807) is 55.5 Å². The number of carbonyl (C=O) groups excluding carboxylic acids is 1. The number of benzene rings is 2. The predicted molar refractivity (Wildman–Crippen MR) is 122 cm³/mol. The SMILES string of the molecule is CC(Oc1ccccc1)C(=O)Nc1cccc(OCc2cc(=O)n3cc(Cl)ccc3n2)c1. The molecule has 0 radical (unpaired) electrons. The Hall–Kier alpha value is -3.84. The van der Waals surface area contributed by atoms with Gasteiger partial charge in [0, 0.05) is 24.0 Å². The van der Waals surface area contributed by atoms with E-state index in [1.807, 2.05) is 18.2 Å². The molecule has 2 aromatic heterocycles. The highest BCUT2D eigenvalue weighted by atomic mass is 35.5. The number of para-hydroxylation sites is 1. The Balaban J connectivity index is 1.40. The predicted octanol–water partition coefficient (Wildman–Crippen LogP) is 4.33. The molecule has 1 atom stereocenters. The first kappa shape index (κ1) is 21.4. The summed E-state index contributed by atoms with van der Waals surface area (Å²) in [6, 6.07) is 20.9. The summed E-state index contributed by atoms with van der Waals surface area (Å²) in [6.07, 6.45) is 0.844. The number of rotatable bonds is 7. The minimum absolute atomic E-state index is 0.0965. The molecule has 2 aromatic carbocycles. The Morgan fingerprint density at radius 3 is 2.66 bits per heavy atom. The Labute approximate surface area is 189 Å². The van der Waals surface area contributed by atoms with Crippen molar-refractivity contribution in [2.75, 3.05) is 5.32 Å². The summed E-state index contributed by atoms with van der Waals surface area (Å²) in [4.78, 5) is 29.2. The third-order valence-electron chi connectivity index (χ3n) is 4.59. The van der Waals surface area contributed by atoms with Gasteiger partial charge >= 0.3 is 0 Å². The highest BCUT2D eigenvalue weighted by molar-refractivity contribution is 6.30. The summed E-state index contributed by atoms with van der Waals surface area (Å²) in [6.45, 7) is 1.78. The zero-order chi connectivity index (χ0) is 22.5. The van der Waals surface area contributed by atoms with Crippen molar-refractivity contribution in [2.45, 2.75) is 19.6 Å². The molecule has 0 aliphatic heterocycles. The summed E-state index contributed by atoms with van der Waals surface area (Å²) in [5.41, 5.74) is 1.28. The number of nitrogens with zero attached hydrogens (tertiary/aromatic N) is 2. The van der Waals surface area contributed by atoms with E-state index in [0.717, 1.165) is 0 Å². The molecule has 0 spiro atoms. The first-order valence-electron chi connectivity index (χ1n) is 9.91. The maximum atomic E-state index is 12.5. The van der Waals surface area contributed by atoms with E-state index in [4.69, 9.17) is 21.1 Å². The van der Waals surface area contributed by atoms with Gasteiger partial charge in [-0.25, -0.2) is 4.98 Å². The smallest absolute Gasteiger partial charge is 0.265 e. The van der Waals surface area contributed by atoms with Crippen LogP contribution in [0.25, 0.3) is 5.65 Å². The van der Waals surface area contributed by atoms with Crippen LogP contribution in [-0.4, -0.2) is 21.4 Å². The maximum absolute atomic E-state index is 12.5. The van der Waals surface area contributed by atoms with Crippen LogP contribution in [0, 0.1) is 0 Å². The molecule has 162 valence electrons. The minimum atomic E-state index is -0.676. The minimum Gasteiger partial charge on any atom is -0.487 e. The summed E-state index contributed by atoms with van der Waals surface area (Å²) < 4.78 is 12.8. The number of hydrogen-bond acceptors (Lipinski definition) is 5. The lowest BCUT2D eigenvalue weighted by molar-refractivity contribution is -0.122. The van der Waals surface area contributed by atoms with Gasteiger partial charge in [0.1, 0.15) is 23.8 Å². The third kappa shape index (κ3) is 5.25. The van der Waals surface area contributed by atoms with Crippen molar-refractivity contribution in [2.24, 2.45) is 0 Å². The van der Waals surface area contributed by atoms with Crippen LogP contribution in [0.3, 0.4) is 0 Å². The number of amides is 1. The molecule has 8 heteroatoms. The Morgan fingerprint density at radius 2 is 1.84 bits per heavy atom. The molecule has 0 aliphatic rings. The molecule has 0 bridgehead atoms. The van der Waals surface area contributed by atoms with Crippen molar-refractivity contribution >= 4 is 28.8 Å². The van der Waals surface area contributed by atoms with Crippen LogP contribution in [0.2, 0.25) is 5.02 Å². The summed E-state index contributed by atoms with van der Waals surface area (Å²) in [5.74, 6) is 0.861. The van der Waals surface area contributed by atoms with Crippen LogP contribution in [0.4, 0.5) is 5.69 Å². The molecule has 0 aliphatic carbocycles.